The van der Waals surface area contributed by atoms with Gasteiger partial charge in [-0.1, -0.05) is 29.8 Å². The third-order valence-electron chi connectivity index (χ3n) is 2.50. The molecule has 1 aromatic heterocycles. The largest absolute Gasteiger partial charge is 0.445 e. The van der Waals surface area contributed by atoms with Crippen LogP contribution in [0.2, 0.25) is 5.02 Å². The monoisotopic (exact) mass is 276 g/mol. The summed E-state index contributed by atoms with van der Waals surface area (Å²) in [5, 5.41) is 3.27. The minimum atomic E-state index is -0.475. The number of carbonyl (C=O) groups excluding carboxylic acids is 1. The highest BCUT2D eigenvalue weighted by atomic mass is 35.5. The molecule has 0 radical (unpaired) electrons. The fourth-order valence-corrected chi connectivity index (χ4v) is 1.69. The first kappa shape index (κ1) is 13.4. The highest BCUT2D eigenvalue weighted by Gasteiger charge is 2.04. The molecule has 1 N–H and O–H groups in total. The predicted molar refractivity (Wildman–Crippen MR) is 72.7 cm³/mol. The lowest BCUT2D eigenvalue weighted by Crippen LogP contribution is -2.23. The fraction of sp³-hybridized carbons (Fsp3) is 0.143. The summed E-state index contributed by atoms with van der Waals surface area (Å²) in [5.41, 5.74) is 1.74. The third kappa shape index (κ3) is 4.26. The Labute approximate surface area is 116 Å². The lowest BCUT2D eigenvalue weighted by atomic mass is 10.2. The van der Waals surface area contributed by atoms with Crippen molar-refractivity contribution in [3.8, 4) is 0 Å². The second kappa shape index (κ2) is 6.75. The maximum atomic E-state index is 11.5. The minimum absolute atomic E-state index is 0.219. The van der Waals surface area contributed by atoms with E-state index in [1.807, 2.05) is 18.2 Å². The number of aromatic nitrogens is 1. The summed E-state index contributed by atoms with van der Waals surface area (Å²) >= 11 is 5.98. The van der Waals surface area contributed by atoms with Crippen molar-refractivity contribution in [2.45, 2.75) is 13.2 Å². The van der Waals surface area contributed by atoms with Gasteiger partial charge >= 0.3 is 6.09 Å². The molecule has 2 aromatic rings. The van der Waals surface area contributed by atoms with E-state index in [9.17, 15) is 4.79 Å². The molecule has 0 unspecified atom stereocenters. The fourth-order valence-electron chi connectivity index (χ4n) is 1.49. The van der Waals surface area contributed by atoms with Gasteiger partial charge in [-0.15, -0.1) is 0 Å². The molecule has 1 heterocycles. The van der Waals surface area contributed by atoms with Crippen LogP contribution in [0.15, 0.2) is 48.8 Å². The Morgan fingerprint density at radius 1 is 1.21 bits per heavy atom. The van der Waals surface area contributed by atoms with Gasteiger partial charge in [-0.2, -0.15) is 0 Å². The lowest BCUT2D eigenvalue weighted by molar-refractivity contribution is 0.139. The van der Waals surface area contributed by atoms with Crippen LogP contribution in [-0.4, -0.2) is 11.1 Å². The normalized spacial score (nSPS) is 9.95. The molecule has 0 aliphatic carbocycles. The molecule has 0 spiro atoms. The molecular weight excluding hydrogens is 264 g/mol. The van der Waals surface area contributed by atoms with Gasteiger partial charge in [-0.05, 0) is 29.3 Å². The summed E-state index contributed by atoms with van der Waals surface area (Å²) in [6.07, 6.45) is 2.83. The van der Waals surface area contributed by atoms with Crippen molar-refractivity contribution in [2.24, 2.45) is 0 Å². The summed E-state index contributed by atoms with van der Waals surface area (Å²) in [5.74, 6) is 0. The summed E-state index contributed by atoms with van der Waals surface area (Å²) in [6, 6.07) is 10.9. The number of carbonyl (C=O) groups is 1. The van der Waals surface area contributed by atoms with E-state index in [2.05, 4.69) is 10.3 Å². The molecule has 98 valence electrons. The van der Waals surface area contributed by atoms with Gasteiger partial charge in [-0.3, -0.25) is 4.98 Å². The molecule has 0 aliphatic rings. The topological polar surface area (TPSA) is 51.2 Å². The van der Waals surface area contributed by atoms with Crippen molar-refractivity contribution >= 4 is 17.7 Å². The number of ether oxygens (including phenoxy) is 1. The maximum Gasteiger partial charge on any atom is 0.407 e. The third-order valence-corrected chi connectivity index (χ3v) is 2.87. The number of hydrogen-bond donors (Lipinski definition) is 1. The van der Waals surface area contributed by atoms with Gasteiger partial charge in [0.15, 0.2) is 0 Å². The first-order valence-corrected chi connectivity index (χ1v) is 6.16. The Bertz CT molecular complexity index is 546. The Balaban J connectivity index is 1.78. The SMILES string of the molecule is O=C(NCc1ccccc1Cl)OCc1ccncc1. The Hall–Kier alpha value is -2.07. The van der Waals surface area contributed by atoms with Gasteiger partial charge in [0, 0.05) is 24.0 Å². The van der Waals surface area contributed by atoms with Crippen molar-refractivity contribution in [3.63, 3.8) is 0 Å². The second-order valence-electron chi connectivity index (χ2n) is 3.88. The number of alkyl carbamates (subject to hydrolysis) is 1. The molecule has 0 fully saturated rings. The number of rotatable bonds is 4. The molecule has 0 saturated carbocycles. The standard InChI is InChI=1S/C14H13ClN2O2/c15-13-4-2-1-3-12(13)9-17-14(18)19-10-11-5-7-16-8-6-11/h1-8H,9-10H2,(H,17,18). The van der Waals surface area contributed by atoms with Crippen LogP contribution in [-0.2, 0) is 17.9 Å². The lowest BCUT2D eigenvalue weighted by Gasteiger charge is -2.08. The highest BCUT2D eigenvalue weighted by Crippen LogP contribution is 2.14. The molecule has 0 bridgehead atoms. The summed E-state index contributed by atoms with van der Waals surface area (Å²) in [6.45, 7) is 0.561. The van der Waals surface area contributed by atoms with E-state index < -0.39 is 6.09 Å². The van der Waals surface area contributed by atoms with Crippen molar-refractivity contribution in [1.29, 1.82) is 0 Å². The molecule has 0 saturated heterocycles. The highest BCUT2D eigenvalue weighted by molar-refractivity contribution is 6.31. The Morgan fingerprint density at radius 3 is 2.68 bits per heavy atom. The second-order valence-corrected chi connectivity index (χ2v) is 4.28. The maximum absolute atomic E-state index is 11.5. The molecule has 0 atom stereocenters. The van der Waals surface area contributed by atoms with Crippen LogP contribution in [0.1, 0.15) is 11.1 Å². The van der Waals surface area contributed by atoms with Crippen molar-refractivity contribution in [1.82, 2.24) is 10.3 Å². The summed E-state index contributed by atoms with van der Waals surface area (Å²) in [4.78, 5) is 15.4. The summed E-state index contributed by atoms with van der Waals surface area (Å²) in [7, 11) is 0. The van der Waals surface area contributed by atoms with Crippen molar-refractivity contribution in [2.75, 3.05) is 0 Å². The number of pyridine rings is 1. The predicted octanol–water partition coefficient (Wildman–Crippen LogP) is 3.16. The van der Waals surface area contributed by atoms with Crippen LogP contribution in [0.3, 0.4) is 0 Å². The van der Waals surface area contributed by atoms with E-state index in [1.54, 1.807) is 30.6 Å². The van der Waals surface area contributed by atoms with Crippen LogP contribution in [0.25, 0.3) is 0 Å². The van der Waals surface area contributed by atoms with Crippen molar-refractivity contribution in [3.05, 3.63) is 64.9 Å². The molecule has 1 aromatic carbocycles. The Morgan fingerprint density at radius 2 is 1.95 bits per heavy atom. The molecule has 2 rings (SSSR count). The quantitative estimate of drug-likeness (QED) is 0.933. The number of nitrogens with one attached hydrogen (secondary N) is 1. The molecule has 4 nitrogen and oxygen atoms in total. The molecule has 5 heteroatoms. The van der Waals surface area contributed by atoms with Gasteiger partial charge in [0.05, 0.1) is 0 Å². The van der Waals surface area contributed by atoms with E-state index in [1.165, 1.54) is 0 Å². The zero-order valence-corrected chi connectivity index (χ0v) is 10.9. The van der Waals surface area contributed by atoms with E-state index in [0.717, 1.165) is 11.1 Å². The number of benzene rings is 1. The first-order chi connectivity index (χ1) is 9.25. The number of nitrogens with zero attached hydrogens (tertiary/aromatic N) is 1. The smallest absolute Gasteiger partial charge is 0.407 e. The number of hydrogen-bond acceptors (Lipinski definition) is 3. The minimum Gasteiger partial charge on any atom is -0.445 e. The van der Waals surface area contributed by atoms with Crippen LogP contribution >= 0.6 is 11.6 Å². The number of halogens is 1. The van der Waals surface area contributed by atoms with Crippen LogP contribution in [0.4, 0.5) is 4.79 Å². The van der Waals surface area contributed by atoms with E-state index in [4.69, 9.17) is 16.3 Å². The summed E-state index contributed by atoms with van der Waals surface area (Å²) < 4.78 is 5.07. The number of amides is 1. The van der Waals surface area contributed by atoms with Gasteiger partial charge in [-0.25, -0.2) is 4.79 Å². The van der Waals surface area contributed by atoms with E-state index in [0.29, 0.717) is 11.6 Å². The average Bonchev–Trinajstić information content (AvgIpc) is 2.45. The van der Waals surface area contributed by atoms with Crippen LogP contribution < -0.4 is 5.32 Å². The van der Waals surface area contributed by atoms with Gasteiger partial charge < -0.3 is 10.1 Å². The molecule has 19 heavy (non-hydrogen) atoms. The van der Waals surface area contributed by atoms with Gasteiger partial charge in [0.2, 0.25) is 0 Å². The first-order valence-electron chi connectivity index (χ1n) is 5.78. The molecule has 1 amide bonds. The van der Waals surface area contributed by atoms with Crippen LogP contribution in [0, 0.1) is 0 Å². The average molecular weight is 277 g/mol. The zero-order valence-electron chi connectivity index (χ0n) is 10.2. The molecule has 0 aliphatic heterocycles. The van der Waals surface area contributed by atoms with E-state index in [-0.39, 0.29) is 6.61 Å². The van der Waals surface area contributed by atoms with Gasteiger partial charge in [0.25, 0.3) is 0 Å². The van der Waals surface area contributed by atoms with Gasteiger partial charge in [0.1, 0.15) is 6.61 Å². The Kier molecular flexibility index (Phi) is 4.75. The van der Waals surface area contributed by atoms with E-state index >= 15 is 0 Å². The zero-order chi connectivity index (χ0) is 13.5. The van der Waals surface area contributed by atoms with Crippen LogP contribution in [0.5, 0.6) is 0 Å². The van der Waals surface area contributed by atoms with Crippen molar-refractivity contribution < 1.29 is 9.53 Å². The molecular formula is C14H13ClN2O2.